The van der Waals surface area contributed by atoms with Gasteiger partial charge in [0, 0.05) is 45.5 Å². The van der Waals surface area contributed by atoms with Crippen LogP contribution in [0.2, 0.25) is 10.0 Å². The fourth-order valence-corrected chi connectivity index (χ4v) is 2.52. The fraction of sp³-hybridized carbons (Fsp3) is 0.583. The molecule has 0 unspecified atom stereocenters. The lowest BCUT2D eigenvalue weighted by Gasteiger charge is -2.34. The summed E-state index contributed by atoms with van der Waals surface area (Å²) in [7, 11) is 0. The molecule has 18 heavy (non-hydrogen) atoms. The molecule has 1 aromatic heterocycles. The van der Waals surface area contributed by atoms with Crippen molar-refractivity contribution in [1.29, 1.82) is 0 Å². The molecule has 1 aliphatic heterocycles. The molecule has 1 fully saturated rings. The summed E-state index contributed by atoms with van der Waals surface area (Å²) in [6.45, 7) is 5.64. The average molecular weight is 290 g/mol. The van der Waals surface area contributed by atoms with Gasteiger partial charge in [0.25, 0.3) is 0 Å². The Balaban J connectivity index is 1.87. The number of aliphatic hydroxyl groups excluding tert-OH is 1. The number of aliphatic hydroxyl groups is 1. The van der Waals surface area contributed by atoms with Gasteiger partial charge in [-0.1, -0.05) is 23.2 Å². The number of pyridine rings is 1. The number of rotatable bonds is 4. The standard InChI is InChI=1S/C12H17Cl2N3O/c13-10-7-11(14)12(15-8-10)9-17-3-1-16(2-4-17)5-6-18/h7-8,18H,1-6,9H2. The molecule has 0 aromatic carbocycles. The van der Waals surface area contributed by atoms with Crippen molar-refractivity contribution in [3.05, 3.63) is 28.0 Å². The maximum absolute atomic E-state index is 8.89. The zero-order valence-corrected chi connectivity index (χ0v) is 11.7. The second kappa shape index (κ2) is 6.68. The number of piperazine rings is 1. The van der Waals surface area contributed by atoms with Gasteiger partial charge in [0.05, 0.1) is 22.3 Å². The Morgan fingerprint density at radius 2 is 1.83 bits per heavy atom. The van der Waals surface area contributed by atoms with Crippen molar-refractivity contribution < 1.29 is 5.11 Å². The van der Waals surface area contributed by atoms with E-state index in [0.29, 0.717) is 10.0 Å². The summed E-state index contributed by atoms with van der Waals surface area (Å²) in [5.74, 6) is 0. The Hall–Kier alpha value is -0.390. The summed E-state index contributed by atoms with van der Waals surface area (Å²) in [5.41, 5.74) is 0.872. The summed E-state index contributed by atoms with van der Waals surface area (Å²) in [4.78, 5) is 8.84. The van der Waals surface area contributed by atoms with E-state index in [0.717, 1.165) is 45.0 Å². The molecule has 0 bridgehead atoms. The predicted octanol–water partition coefficient (Wildman–Crippen LogP) is 1.50. The molecule has 1 aromatic rings. The van der Waals surface area contributed by atoms with Crippen LogP contribution >= 0.6 is 23.2 Å². The highest BCUT2D eigenvalue weighted by atomic mass is 35.5. The molecule has 6 heteroatoms. The molecule has 0 amide bonds. The van der Waals surface area contributed by atoms with Gasteiger partial charge in [-0.2, -0.15) is 0 Å². The Labute approximate surface area is 117 Å². The highest BCUT2D eigenvalue weighted by molar-refractivity contribution is 6.34. The number of halogens is 2. The minimum atomic E-state index is 0.227. The van der Waals surface area contributed by atoms with Gasteiger partial charge in [-0.15, -0.1) is 0 Å². The quantitative estimate of drug-likeness (QED) is 0.912. The first kappa shape index (κ1) is 14.0. The van der Waals surface area contributed by atoms with Gasteiger partial charge in [0.1, 0.15) is 0 Å². The lowest BCUT2D eigenvalue weighted by molar-refractivity contribution is 0.108. The Kier molecular flexibility index (Phi) is 5.21. The molecular weight excluding hydrogens is 273 g/mol. The van der Waals surface area contributed by atoms with Gasteiger partial charge in [-0.3, -0.25) is 14.8 Å². The van der Waals surface area contributed by atoms with E-state index >= 15 is 0 Å². The maximum Gasteiger partial charge on any atom is 0.0730 e. The SMILES string of the molecule is OCCN1CCN(Cc2ncc(Cl)cc2Cl)CC1. The smallest absolute Gasteiger partial charge is 0.0730 e. The van der Waals surface area contributed by atoms with E-state index in [1.165, 1.54) is 0 Å². The third kappa shape index (κ3) is 3.80. The van der Waals surface area contributed by atoms with E-state index in [1.807, 2.05) is 0 Å². The van der Waals surface area contributed by atoms with E-state index in [-0.39, 0.29) is 6.61 Å². The highest BCUT2D eigenvalue weighted by Crippen LogP contribution is 2.20. The molecule has 1 saturated heterocycles. The van der Waals surface area contributed by atoms with Gasteiger partial charge in [-0.05, 0) is 6.07 Å². The monoisotopic (exact) mass is 289 g/mol. The molecule has 0 atom stereocenters. The summed E-state index contributed by atoms with van der Waals surface area (Å²) in [6, 6.07) is 1.73. The summed E-state index contributed by atoms with van der Waals surface area (Å²) >= 11 is 11.9. The van der Waals surface area contributed by atoms with Crippen molar-refractivity contribution in [3.8, 4) is 0 Å². The minimum absolute atomic E-state index is 0.227. The maximum atomic E-state index is 8.89. The third-order valence-corrected chi connectivity index (χ3v) is 3.67. The lowest BCUT2D eigenvalue weighted by atomic mass is 10.2. The first-order valence-corrected chi connectivity index (χ1v) is 6.80. The zero-order valence-electron chi connectivity index (χ0n) is 10.1. The molecule has 2 rings (SSSR count). The largest absolute Gasteiger partial charge is 0.395 e. The molecule has 0 spiro atoms. The minimum Gasteiger partial charge on any atom is -0.395 e. The van der Waals surface area contributed by atoms with Crippen LogP contribution in [0, 0.1) is 0 Å². The fourth-order valence-electron chi connectivity index (χ4n) is 2.08. The van der Waals surface area contributed by atoms with Crippen LogP contribution in [-0.4, -0.2) is 59.2 Å². The third-order valence-electron chi connectivity index (χ3n) is 3.14. The van der Waals surface area contributed by atoms with Crippen LogP contribution in [0.1, 0.15) is 5.69 Å². The predicted molar refractivity (Wildman–Crippen MR) is 73.1 cm³/mol. The van der Waals surface area contributed by atoms with Crippen LogP contribution in [0.25, 0.3) is 0 Å². The van der Waals surface area contributed by atoms with Crippen LogP contribution in [0.15, 0.2) is 12.3 Å². The van der Waals surface area contributed by atoms with Crippen LogP contribution < -0.4 is 0 Å². The molecule has 2 heterocycles. The summed E-state index contributed by atoms with van der Waals surface area (Å²) < 4.78 is 0. The van der Waals surface area contributed by atoms with Crippen molar-refractivity contribution >= 4 is 23.2 Å². The van der Waals surface area contributed by atoms with Gasteiger partial charge >= 0.3 is 0 Å². The van der Waals surface area contributed by atoms with Crippen LogP contribution in [-0.2, 0) is 6.54 Å². The second-order valence-corrected chi connectivity index (χ2v) is 5.27. The first-order valence-electron chi connectivity index (χ1n) is 6.04. The Morgan fingerprint density at radius 1 is 1.17 bits per heavy atom. The molecule has 0 saturated carbocycles. The molecule has 0 aliphatic carbocycles. The van der Waals surface area contributed by atoms with E-state index < -0.39 is 0 Å². The van der Waals surface area contributed by atoms with Gasteiger partial charge in [-0.25, -0.2) is 0 Å². The molecule has 0 radical (unpaired) electrons. The topological polar surface area (TPSA) is 39.6 Å². The Bertz CT molecular complexity index is 395. The number of β-amino-alcohol motifs (C(OH)–C–C–N with tert-alkyl or cyclic N) is 1. The van der Waals surface area contributed by atoms with E-state index in [4.69, 9.17) is 28.3 Å². The second-order valence-electron chi connectivity index (χ2n) is 4.42. The van der Waals surface area contributed by atoms with Gasteiger partial charge in [0.2, 0.25) is 0 Å². The van der Waals surface area contributed by atoms with Crippen LogP contribution in [0.3, 0.4) is 0 Å². The van der Waals surface area contributed by atoms with Crippen LogP contribution in [0.4, 0.5) is 0 Å². The number of hydrogen-bond donors (Lipinski definition) is 1. The highest BCUT2D eigenvalue weighted by Gasteiger charge is 2.17. The summed E-state index contributed by atoms with van der Waals surface area (Å²) in [6.07, 6.45) is 1.63. The van der Waals surface area contributed by atoms with E-state index in [9.17, 15) is 0 Å². The number of hydrogen-bond acceptors (Lipinski definition) is 4. The first-order chi connectivity index (χ1) is 8.69. The van der Waals surface area contributed by atoms with Crippen molar-refractivity contribution in [2.24, 2.45) is 0 Å². The molecule has 100 valence electrons. The Morgan fingerprint density at radius 3 is 2.44 bits per heavy atom. The zero-order chi connectivity index (χ0) is 13.0. The summed E-state index contributed by atoms with van der Waals surface area (Å²) in [5, 5.41) is 10.1. The molecule has 1 aliphatic rings. The molecule has 4 nitrogen and oxygen atoms in total. The normalized spacial score (nSPS) is 18.2. The van der Waals surface area contributed by atoms with Crippen LogP contribution in [0.5, 0.6) is 0 Å². The van der Waals surface area contributed by atoms with Crippen molar-refractivity contribution in [2.75, 3.05) is 39.3 Å². The van der Waals surface area contributed by atoms with Crippen molar-refractivity contribution in [2.45, 2.75) is 6.54 Å². The number of nitrogens with zero attached hydrogens (tertiary/aromatic N) is 3. The van der Waals surface area contributed by atoms with Gasteiger partial charge in [0.15, 0.2) is 0 Å². The van der Waals surface area contributed by atoms with Crippen molar-refractivity contribution in [3.63, 3.8) is 0 Å². The van der Waals surface area contributed by atoms with E-state index in [1.54, 1.807) is 12.3 Å². The van der Waals surface area contributed by atoms with Gasteiger partial charge < -0.3 is 5.11 Å². The van der Waals surface area contributed by atoms with E-state index in [2.05, 4.69) is 14.8 Å². The van der Waals surface area contributed by atoms with Crippen molar-refractivity contribution in [1.82, 2.24) is 14.8 Å². The average Bonchev–Trinajstić information content (AvgIpc) is 2.35. The lowest BCUT2D eigenvalue weighted by Crippen LogP contribution is -2.46. The molecular formula is C12H17Cl2N3O. The molecule has 1 N–H and O–H groups in total. The number of aromatic nitrogens is 1.